The second kappa shape index (κ2) is 11.6. The van der Waals surface area contributed by atoms with Gasteiger partial charge in [0, 0.05) is 22.6 Å². The van der Waals surface area contributed by atoms with E-state index in [1.165, 1.54) is 23.1 Å². The highest BCUT2D eigenvalue weighted by Gasteiger charge is 2.31. The molecule has 190 valence electrons. The molecule has 0 bridgehead atoms. The Morgan fingerprint density at radius 3 is 2.31 bits per heavy atom. The summed E-state index contributed by atoms with van der Waals surface area (Å²) in [4.78, 5) is 27.8. The number of nitrogens with one attached hydrogen (secondary N) is 1. The number of benzene rings is 2. The van der Waals surface area contributed by atoms with Crippen LogP contribution in [0.1, 0.15) is 38.2 Å². The van der Waals surface area contributed by atoms with Gasteiger partial charge in [-0.3, -0.25) is 13.9 Å². The van der Waals surface area contributed by atoms with Crippen LogP contribution >= 0.6 is 23.2 Å². The molecular weight excluding hydrogens is 516 g/mol. The molecule has 1 aliphatic carbocycles. The van der Waals surface area contributed by atoms with Crippen LogP contribution in [0.5, 0.6) is 0 Å². The Morgan fingerprint density at radius 2 is 1.74 bits per heavy atom. The Hall–Kier alpha value is -2.36. The van der Waals surface area contributed by atoms with Gasteiger partial charge in [0.05, 0.1) is 11.9 Å². The van der Waals surface area contributed by atoms with Gasteiger partial charge in [-0.1, -0.05) is 42.1 Å². The maximum absolute atomic E-state index is 13.5. The lowest BCUT2D eigenvalue weighted by molar-refractivity contribution is -0.139. The van der Waals surface area contributed by atoms with Gasteiger partial charge in [0.2, 0.25) is 21.8 Å². The van der Waals surface area contributed by atoms with Crippen molar-refractivity contribution in [1.29, 1.82) is 0 Å². The van der Waals surface area contributed by atoms with Crippen LogP contribution in [0.3, 0.4) is 0 Å². The van der Waals surface area contributed by atoms with Crippen LogP contribution < -0.4 is 9.62 Å². The Kier molecular flexibility index (Phi) is 9.01. The predicted octanol–water partition coefficient (Wildman–Crippen LogP) is 4.37. The summed E-state index contributed by atoms with van der Waals surface area (Å²) in [5.41, 5.74) is 0.687. The van der Waals surface area contributed by atoms with E-state index in [9.17, 15) is 22.4 Å². The fraction of sp³-hybridized carbons (Fsp3) is 0.417. The van der Waals surface area contributed by atoms with E-state index >= 15 is 0 Å². The van der Waals surface area contributed by atoms with Crippen molar-refractivity contribution in [3.63, 3.8) is 0 Å². The molecule has 1 fully saturated rings. The SMILES string of the molecule is C[C@H](C(=O)NC1CCCC1)N(Cc1ccc(Cl)cc1Cl)C(=O)CN(c1ccc(F)cc1)S(C)(=O)=O. The lowest BCUT2D eigenvalue weighted by Gasteiger charge is -2.32. The zero-order valence-corrected chi connectivity index (χ0v) is 21.8. The zero-order valence-electron chi connectivity index (χ0n) is 19.5. The maximum Gasteiger partial charge on any atom is 0.244 e. The predicted molar refractivity (Wildman–Crippen MR) is 135 cm³/mol. The van der Waals surface area contributed by atoms with Gasteiger partial charge in [-0.05, 0) is 61.7 Å². The molecule has 35 heavy (non-hydrogen) atoms. The molecule has 11 heteroatoms. The molecular formula is C24H28Cl2FN3O4S. The Bertz CT molecular complexity index is 1170. The first-order chi connectivity index (χ1) is 16.5. The summed E-state index contributed by atoms with van der Waals surface area (Å²) < 4.78 is 39.3. The van der Waals surface area contributed by atoms with Gasteiger partial charge < -0.3 is 10.2 Å². The van der Waals surface area contributed by atoms with E-state index in [2.05, 4.69) is 5.32 Å². The minimum Gasteiger partial charge on any atom is -0.352 e. The van der Waals surface area contributed by atoms with E-state index in [0.717, 1.165) is 48.4 Å². The van der Waals surface area contributed by atoms with Crippen LogP contribution in [0.15, 0.2) is 42.5 Å². The number of hydrogen-bond donors (Lipinski definition) is 1. The summed E-state index contributed by atoms with van der Waals surface area (Å²) in [5, 5.41) is 3.72. The average molecular weight is 544 g/mol. The van der Waals surface area contributed by atoms with Crippen molar-refractivity contribution in [1.82, 2.24) is 10.2 Å². The quantitative estimate of drug-likeness (QED) is 0.508. The molecule has 1 N–H and O–H groups in total. The molecule has 0 aliphatic heterocycles. The van der Waals surface area contributed by atoms with Gasteiger partial charge >= 0.3 is 0 Å². The molecule has 0 aromatic heterocycles. The summed E-state index contributed by atoms with van der Waals surface area (Å²) in [6.07, 6.45) is 4.77. The second-order valence-electron chi connectivity index (χ2n) is 8.67. The number of anilines is 1. The molecule has 3 rings (SSSR count). The summed E-state index contributed by atoms with van der Waals surface area (Å²) in [6.45, 7) is 0.987. The topological polar surface area (TPSA) is 86.8 Å². The van der Waals surface area contributed by atoms with Gasteiger partial charge in [0.1, 0.15) is 18.4 Å². The highest BCUT2D eigenvalue weighted by atomic mass is 35.5. The van der Waals surface area contributed by atoms with E-state index in [1.54, 1.807) is 19.1 Å². The molecule has 1 aliphatic rings. The first-order valence-electron chi connectivity index (χ1n) is 11.2. The lowest BCUT2D eigenvalue weighted by atomic mass is 10.1. The second-order valence-corrected chi connectivity index (χ2v) is 11.4. The van der Waals surface area contributed by atoms with Gasteiger partial charge in [-0.15, -0.1) is 0 Å². The number of rotatable bonds is 9. The van der Waals surface area contributed by atoms with Crippen molar-refractivity contribution in [3.05, 3.63) is 63.9 Å². The van der Waals surface area contributed by atoms with Gasteiger partial charge in [-0.25, -0.2) is 12.8 Å². The molecule has 0 saturated heterocycles. The molecule has 2 aromatic carbocycles. The highest BCUT2D eigenvalue weighted by Crippen LogP contribution is 2.25. The molecule has 0 spiro atoms. The third-order valence-electron chi connectivity index (χ3n) is 6.02. The van der Waals surface area contributed by atoms with Gasteiger partial charge in [0.15, 0.2) is 0 Å². The minimum atomic E-state index is -3.89. The molecule has 0 radical (unpaired) electrons. The summed E-state index contributed by atoms with van der Waals surface area (Å²) in [5.74, 6) is -1.48. The largest absolute Gasteiger partial charge is 0.352 e. The van der Waals surface area contributed by atoms with Crippen molar-refractivity contribution < 1.29 is 22.4 Å². The van der Waals surface area contributed by atoms with Crippen molar-refractivity contribution in [2.45, 2.75) is 51.2 Å². The fourth-order valence-corrected chi connectivity index (χ4v) is 5.35. The molecule has 2 amide bonds. The van der Waals surface area contributed by atoms with E-state index < -0.39 is 34.3 Å². The number of carbonyl (C=O) groups excluding carboxylic acids is 2. The summed E-state index contributed by atoms with van der Waals surface area (Å²) >= 11 is 12.3. The number of carbonyl (C=O) groups is 2. The molecule has 0 heterocycles. The van der Waals surface area contributed by atoms with Crippen LogP contribution in [-0.4, -0.2) is 50.0 Å². The maximum atomic E-state index is 13.5. The van der Waals surface area contributed by atoms with Crippen molar-refractivity contribution in [3.8, 4) is 0 Å². The van der Waals surface area contributed by atoms with E-state index in [0.29, 0.717) is 15.6 Å². The van der Waals surface area contributed by atoms with Crippen molar-refractivity contribution >= 4 is 50.7 Å². The number of nitrogens with zero attached hydrogens (tertiary/aromatic N) is 2. The Morgan fingerprint density at radius 1 is 1.11 bits per heavy atom. The van der Waals surface area contributed by atoms with E-state index in [-0.39, 0.29) is 24.2 Å². The molecule has 0 unspecified atom stereocenters. The van der Waals surface area contributed by atoms with E-state index in [4.69, 9.17) is 23.2 Å². The smallest absolute Gasteiger partial charge is 0.244 e. The Labute approximate surface area is 215 Å². The van der Waals surface area contributed by atoms with E-state index in [1.807, 2.05) is 0 Å². The van der Waals surface area contributed by atoms with Crippen LogP contribution in [0.25, 0.3) is 0 Å². The third kappa shape index (κ3) is 7.32. The van der Waals surface area contributed by atoms with Crippen LogP contribution in [0.2, 0.25) is 10.0 Å². The first-order valence-corrected chi connectivity index (χ1v) is 13.8. The van der Waals surface area contributed by atoms with Crippen LogP contribution in [0, 0.1) is 5.82 Å². The number of halogens is 3. The number of amides is 2. The average Bonchev–Trinajstić information content (AvgIpc) is 3.29. The standard InChI is InChI=1S/C24H28Cl2FN3O4S/c1-16(24(32)28-20-5-3-4-6-20)29(14-17-7-8-18(25)13-22(17)26)23(31)15-30(35(2,33)34)21-11-9-19(27)10-12-21/h7-13,16,20H,3-6,14-15H2,1-2H3,(H,28,32)/t16-/m1/s1. The van der Waals surface area contributed by atoms with Crippen LogP contribution in [-0.2, 0) is 26.2 Å². The fourth-order valence-electron chi connectivity index (χ4n) is 4.03. The first kappa shape index (κ1) is 27.2. The van der Waals surface area contributed by atoms with Crippen molar-refractivity contribution in [2.24, 2.45) is 0 Å². The van der Waals surface area contributed by atoms with Crippen LogP contribution in [0.4, 0.5) is 10.1 Å². The molecule has 2 aromatic rings. The number of hydrogen-bond acceptors (Lipinski definition) is 4. The van der Waals surface area contributed by atoms with Gasteiger partial charge in [0.25, 0.3) is 0 Å². The number of sulfonamides is 1. The lowest BCUT2D eigenvalue weighted by Crippen LogP contribution is -2.52. The third-order valence-corrected chi connectivity index (χ3v) is 7.75. The molecule has 1 saturated carbocycles. The normalized spacial score (nSPS) is 15.0. The molecule has 1 atom stereocenters. The van der Waals surface area contributed by atoms with Crippen molar-refractivity contribution in [2.75, 3.05) is 17.1 Å². The molecule has 7 nitrogen and oxygen atoms in total. The minimum absolute atomic E-state index is 0.0326. The monoisotopic (exact) mass is 543 g/mol. The zero-order chi connectivity index (χ0) is 25.8. The van der Waals surface area contributed by atoms with Gasteiger partial charge in [-0.2, -0.15) is 0 Å². The Balaban J connectivity index is 1.89. The summed E-state index contributed by atoms with van der Waals surface area (Å²) in [6, 6.07) is 8.74. The highest BCUT2D eigenvalue weighted by molar-refractivity contribution is 7.92. The summed E-state index contributed by atoms with van der Waals surface area (Å²) in [7, 11) is -3.89.